The molecule has 0 amide bonds. The number of rotatable bonds is 3. The van der Waals surface area contributed by atoms with Crippen LogP contribution in [-0.4, -0.2) is 5.78 Å². The van der Waals surface area contributed by atoms with E-state index in [9.17, 15) is 9.18 Å². The highest BCUT2D eigenvalue weighted by Gasteiger charge is 2.45. The summed E-state index contributed by atoms with van der Waals surface area (Å²) in [7, 11) is 0. The minimum atomic E-state index is -0.200. The molecule has 0 bridgehead atoms. The lowest BCUT2D eigenvalue weighted by atomic mass is 9.97. The first-order chi connectivity index (χ1) is 9.58. The lowest BCUT2D eigenvalue weighted by Gasteiger charge is -2.06. The van der Waals surface area contributed by atoms with Crippen molar-refractivity contribution in [1.82, 2.24) is 0 Å². The third kappa shape index (κ3) is 2.26. The van der Waals surface area contributed by atoms with Gasteiger partial charge >= 0.3 is 0 Å². The second kappa shape index (κ2) is 4.86. The van der Waals surface area contributed by atoms with Crippen molar-refractivity contribution in [3.8, 4) is 0 Å². The minimum absolute atomic E-state index is 0.0450. The van der Waals surface area contributed by atoms with Crippen molar-refractivity contribution >= 4 is 5.78 Å². The summed E-state index contributed by atoms with van der Waals surface area (Å²) in [5, 5.41) is 0. The first-order valence-corrected chi connectivity index (χ1v) is 6.94. The number of carbonyl (C=O) groups excluding carboxylic acids is 1. The zero-order valence-electron chi connectivity index (χ0n) is 11.7. The van der Waals surface area contributed by atoms with Gasteiger partial charge < -0.3 is 0 Å². The summed E-state index contributed by atoms with van der Waals surface area (Å²) in [5.74, 6) is -0.0655. The van der Waals surface area contributed by atoms with Crippen LogP contribution in [0.5, 0.6) is 0 Å². The number of halogens is 1. The van der Waals surface area contributed by atoms with Crippen molar-refractivity contribution in [3.05, 3.63) is 70.5 Å². The Morgan fingerprint density at radius 3 is 2.65 bits per heavy atom. The molecule has 3 rings (SSSR count). The zero-order chi connectivity index (χ0) is 14.3. The number of aryl methyl sites for hydroxylation is 2. The number of carbonyl (C=O) groups is 1. The molecule has 2 aromatic rings. The second-order valence-electron chi connectivity index (χ2n) is 5.65. The molecule has 20 heavy (non-hydrogen) atoms. The van der Waals surface area contributed by atoms with Gasteiger partial charge in [-0.15, -0.1) is 0 Å². The predicted octanol–water partition coefficient (Wildman–Crippen LogP) is 4.43. The van der Waals surface area contributed by atoms with Crippen LogP contribution < -0.4 is 0 Å². The summed E-state index contributed by atoms with van der Waals surface area (Å²) in [5.41, 5.74) is 3.55. The van der Waals surface area contributed by atoms with Crippen molar-refractivity contribution in [2.75, 3.05) is 0 Å². The van der Waals surface area contributed by atoms with E-state index < -0.39 is 0 Å². The maximum atomic E-state index is 13.8. The fourth-order valence-corrected chi connectivity index (χ4v) is 2.81. The Morgan fingerprint density at radius 1 is 1.15 bits per heavy atom. The molecule has 102 valence electrons. The molecule has 1 fully saturated rings. The number of hydrogen-bond donors (Lipinski definition) is 0. The van der Waals surface area contributed by atoms with E-state index in [1.807, 2.05) is 38.1 Å². The third-order valence-corrected chi connectivity index (χ3v) is 4.09. The Bertz CT molecular complexity index is 675. The highest BCUT2D eigenvalue weighted by molar-refractivity contribution is 6.01. The van der Waals surface area contributed by atoms with E-state index >= 15 is 0 Å². The van der Waals surface area contributed by atoms with Crippen molar-refractivity contribution in [1.29, 1.82) is 0 Å². The molecule has 1 aliphatic rings. The predicted molar refractivity (Wildman–Crippen MR) is 77.5 cm³/mol. The molecule has 2 heteroatoms. The van der Waals surface area contributed by atoms with Crippen LogP contribution >= 0.6 is 0 Å². The van der Waals surface area contributed by atoms with Crippen LogP contribution in [-0.2, 0) is 0 Å². The van der Waals surface area contributed by atoms with E-state index in [0.29, 0.717) is 5.56 Å². The Kier molecular flexibility index (Phi) is 3.17. The highest BCUT2D eigenvalue weighted by Crippen LogP contribution is 2.50. The van der Waals surface area contributed by atoms with Crippen molar-refractivity contribution in [3.63, 3.8) is 0 Å². The van der Waals surface area contributed by atoms with Crippen molar-refractivity contribution in [2.45, 2.75) is 26.2 Å². The van der Waals surface area contributed by atoms with Gasteiger partial charge in [-0.25, -0.2) is 4.39 Å². The standard InChI is InChI=1S/C18H17FO/c1-11-7-8-12(2)14(9-11)18(20)16-10-15(16)13-5-3-4-6-17(13)19/h3-9,15-16H,10H2,1-2H3. The quantitative estimate of drug-likeness (QED) is 0.753. The van der Waals surface area contributed by atoms with Gasteiger partial charge in [0, 0.05) is 11.5 Å². The highest BCUT2D eigenvalue weighted by atomic mass is 19.1. The number of ketones is 1. The molecule has 0 N–H and O–H groups in total. The fourth-order valence-electron chi connectivity index (χ4n) is 2.81. The molecule has 1 aliphatic carbocycles. The summed E-state index contributed by atoms with van der Waals surface area (Å²) >= 11 is 0. The van der Waals surface area contributed by atoms with Crippen LogP contribution in [0, 0.1) is 25.6 Å². The lowest BCUT2D eigenvalue weighted by Crippen LogP contribution is -2.06. The molecule has 2 atom stereocenters. The molecule has 0 aliphatic heterocycles. The molecule has 0 saturated heterocycles. The maximum Gasteiger partial charge on any atom is 0.166 e. The van der Waals surface area contributed by atoms with Crippen LogP contribution in [0.1, 0.15) is 39.4 Å². The van der Waals surface area contributed by atoms with Crippen LogP contribution in [0.3, 0.4) is 0 Å². The molecule has 0 heterocycles. The van der Waals surface area contributed by atoms with E-state index in [4.69, 9.17) is 0 Å². The first-order valence-electron chi connectivity index (χ1n) is 6.94. The van der Waals surface area contributed by atoms with Crippen molar-refractivity contribution in [2.24, 2.45) is 5.92 Å². The summed E-state index contributed by atoms with van der Waals surface area (Å²) in [4.78, 5) is 12.6. The Hall–Kier alpha value is -1.96. The Morgan fingerprint density at radius 2 is 1.90 bits per heavy atom. The number of benzene rings is 2. The fraction of sp³-hybridized carbons (Fsp3) is 0.278. The maximum absolute atomic E-state index is 13.8. The number of Topliss-reactive ketones (excluding diaryl/α,β-unsaturated/α-hetero) is 1. The van der Waals surface area contributed by atoms with E-state index in [1.165, 1.54) is 6.07 Å². The largest absolute Gasteiger partial charge is 0.294 e. The molecule has 0 aromatic heterocycles. The molecular weight excluding hydrogens is 251 g/mol. The molecule has 0 radical (unpaired) electrons. The third-order valence-electron chi connectivity index (χ3n) is 4.09. The Balaban J connectivity index is 1.84. The van der Waals surface area contributed by atoms with Gasteiger partial charge in [-0.05, 0) is 49.4 Å². The van der Waals surface area contributed by atoms with E-state index in [-0.39, 0.29) is 23.4 Å². The van der Waals surface area contributed by atoms with Gasteiger partial charge in [0.15, 0.2) is 5.78 Å². The normalized spacial score (nSPS) is 20.8. The van der Waals surface area contributed by atoms with E-state index in [0.717, 1.165) is 23.1 Å². The second-order valence-corrected chi connectivity index (χ2v) is 5.65. The van der Waals surface area contributed by atoms with Crippen LogP contribution in [0.15, 0.2) is 42.5 Å². The van der Waals surface area contributed by atoms with Gasteiger partial charge in [-0.2, -0.15) is 0 Å². The van der Waals surface area contributed by atoms with Gasteiger partial charge in [0.1, 0.15) is 5.82 Å². The average Bonchev–Trinajstić information content (AvgIpc) is 3.21. The topological polar surface area (TPSA) is 17.1 Å². The van der Waals surface area contributed by atoms with E-state index in [1.54, 1.807) is 12.1 Å². The summed E-state index contributed by atoms with van der Waals surface area (Å²) in [6.45, 7) is 3.94. The van der Waals surface area contributed by atoms with Gasteiger partial charge in [0.2, 0.25) is 0 Å². The first kappa shape index (κ1) is 13.0. The van der Waals surface area contributed by atoms with Gasteiger partial charge in [0.05, 0.1) is 0 Å². The Labute approximate surface area is 118 Å². The SMILES string of the molecule is Cc1ccc(C)c(C(=O)C2CC2c2ccccc2F)c1. The minimum Gasteiger partial charge on any atom is -0.294 e. The lowest BCUT2D eigenvalue weighted by molar-refractivity contribution is 0.0964. The molecule has 1 saturated carbocycles. The van der Waals surface area contributed by atoms with Gasteiger partial charge in [-0.1, -0.05) is 35.9 Å². The van der Waals surface area contributed by atoms with E-state index in [2.05, 4.69) is 0 Å². The number of hydrogen-bond acceptors (Lipinski definition) is 1. The monoisotopic (exact) mass is 268 g/mol. The van der Waals surface area contributed by atoms with Gasteiger partial charge in [-0.3, -0.25) is 4.79 Å². The smallest absolute Gasteiger partial charge is 0.166 e. The molecular formula is C18H17FO. The summed E-state index contributed by atoms with van der Waals surface area (Å²) < 4.78 is 13.8. The van der Waals surface area contributed by atoms with Gasteiger partial charge in [0.25, 0.3) is 0 Å². The van der Waals surface area contributed by atoms with Crippen LogP contribution in [0.25, 0.3) is 0 Å². The summed E-state index contributed by atoms with van der Waals surface area (Å²) in [6, 6.07) is 12.7. The molecule has 0 spiro atoms. The molecule has 2 unspecified atom stereocenters. The van der Waals surface area contributed by atoms with Crippen LogP contribution in [0.4, 0.5) is 4.39 Å². The summed E-state index contributed by atoms with van der Waals surface area (Å²) in [6.07, 6.45) is 0.757. The molecule has 1 nitrogen and oxygen atoms in total. The molecule has 2 aromatic carbocycles. The zero-order valence-corrected chi connectivity index (χ0v) is 11.7. The van der Waals surface area contributed by atoms with Crippen LogP contribution in [0.2, 0.25) is 0 Å². The average molecular weight is 268 g/mol. The van der Waals surface area contributed by atoms with Crippen molar-refractivity contribution < 1.29 is 9.18 Å².